The van der Waals surface area contributed by atoms with Gasteiger partial charge >= 0.3 is 0 Å². The van der Waals surface area contributed by atoms with Gasteiger partial charge in [0.1, 0.15) is 11.8 Å². The molecule has 0 spiro atoms. The van der Waals surface area contributed by atoms with Crippen LogP contribution in [0.5, 0.6) is 0 Å². The third kappa shape index (κ3) is 2.86. The van der Waals surface area contributed by atoms with E-state index in [1.807, 2.05) is 18.7 Å². The molecule has 1 aromatic heterocycles. The fraction of sp³-hybridized carbons (Fsp3) is 0.545. The van der Waals surface area contributed by atoms with E-state index in [0.717, 1.165) is 18.5 Å². The van der Waals surface area contributed by atoms with Crippen LogP contribution in [0.15, 0.2) is 6.07 Å². The summed E-state index contributed by atoms with van der Waals surface area (Å²) in [6, 6.07) is 4.20. The van der Waals surface area contributed by atoms with Gasteiger partial charge in [-0.15, -0.1) is 0 Å². The summed E-state index contributed by atoms with van der Waals surface area (Å²) in [6.07, 6.45) is 2.29. The smallest absolute Gasteiger partial charge is 0.224 e. The molecule has 1 saturated heterocycles. The van der Waals surface area contributed by atoms with E-state index in [1.165, 1.54) is 11.5 Å². The number of hydrogen-bond donors (Lipinski definition) is 1. The number of nitriles is 1. The standard InChI is InChI=1S/C11H14N4S/c1-8-6-10(7-12)15-11(13-8)14-9-2-4-16-5-3-9/h6,9H,2-5H2,1H3,(H,13,14,15). The van der Waals surface area contributed by atoms with E-state index in [-0.39, 0.29) is 0 Å². The van der Waals surface area contributed by atoms with Crippen molar-refractivity contribution >= 4 is 17.7 Å². The quantitative estimate of drug-likeness (QED) is 0.847. The molecule has 0 aromatic carbocycles. The molecule has 1 fully saturated rings. The largest absolute Gasteiger partial charge is 0.351 e. The Morgan fingerprint density at radius 1 is 1.44 bits per heavy atom. The normalized spacial score (nSPS) is 16.8. The minimum atomic E-state index is 0.431. The molecule has 0 atom stereocenters. The highest BCUT2D eigenvalue weighted by Crippen LogP contribution is 2.19. The average molecular weight is 234 g/mol. The molecule has 1 N–H and O–H groups in total. The Morgan fingerprint density at radius 3 is 2.88 bits per heavy atom. The zero-order valence-corrected chi connectivity index (χ0v) is 10.0. The second-order valence-corrected chi connectivity index (χ2v) is 5.09. The number of rotatable bonds is 2. The fourth-order valence-corrected chi connectivity index (χ4v) is 2.82. The molecule has 0 radical (unpaired) electrons. The van der Waals surface area contributed by atoms with Crippen molar-refractivity contribution < 1.29 is 0 Å². The summed E-state index contributed by atoms with van der Waals surface area (Å²) >= 11 is 1.99. The number of nitrogens with zero attached hydrogens (tertiary/aromatic N) is 3. The molecule has 1 aromatic rings. The lowest BCUT2D eigenvalue weighted by Crippen LogP contribution is -2.25. The Bertz CT molecular complexity index is 407. The predicted octanol–water partition coefficient (Wildman–Crippen LogP) is 1.96. The lowest BCUT2D eigenvalue weighted by atomic mass is 10.2. The summed E-state index contributed by atoms with van der Waals surface area (Å²) in [6.45, 7) is 1.88. The fourth-order valence-electron chi connectivity index (χ4n) is 1.71. The zero-order chi connectivity index (χ0) is 11.4. The summed E-state index contributed by atoms with van der Waals surface area (Å²) in [4.78, 5) is 8.45. The number of hydrogen-bond acceptors (Lipinski definition) is 5. The van der Waals surface area contributed by atoms with Gasteiger partial charge in [-0.3, -0.25) is 0 Å². The molecule has 16 heavy (non-hydrogen) atoms. The maximum atomic E-state index is 8.82. The summed E-state index contributed by atoms with van der Waals surface area (Å²) in [5, 5.41) is 12.1. The van der Waals surface area contributed by atoms with Gasteiger partial charge in [0.2, 0.25) is 5.95 Å². The second kappa shape index (κ2) is 5.17. The third-order valence-corrected chi connectivity index (χ3v) is 3.57. The van der Waals surface area contributed by atoms with Gasteiger partial charge in [-0.1, -0.05) is 0 Å². The van der Waals surface area contributed by atoms with Gasteiger partial charge in [0.05, 0.1) is 0 Å². The van der Waals surface area contributed by atoms with E-state index < -0.39 is 0 Å². The minimum absolute atomic E-state index is 0.431. The SMILES string of the molecule is Cc1cc(C#N)nc(NC2CCSCC2)n1. The van der Waals surface area contributed by atoms with Gasteiger partial charge in [0.25, 0.3) is 0 Å². The average Bonchev–Trinajstić information content (AvgIpc) is 2.29. The molecule has 5 heteroatoms. The minimum Gasteiger partial charge on any atom is -0.351 e. The predicted molar refractivity (Wildman–Crippen MR) is 65.5 cm³/mol. The van der Waals surface area contributed by atoms with Gasteiger partial charge in [0.15, 0.2) is 0 Å². The molecule has 1 aliphatic rings. The number of aryl methyl sites for hydroxylation is 1. The van der Waals surface area contributed by atoms with E-state index in [1.54, 1.807) is 6.07 Å². The van der Waals surface area contributed by atoms with Crippen LogP contribution in [0.4, 0.5) is 5.95 Å². The Morgan fingerprint density at radius 2 is 2.19 bits per heavy atom. The Kier molecular flexibility index (Phi) is 3.62. The van der Waals surface area contributed by atoms with E-state index in [4.69, 9.17) is 5.26 Å². The van der Waals surface area contributed by atoms with Crippen LogP contribution in [0.25, 0.3) is 0 Å². The van der Waals surface area contributed by atoms with Crippen molar-refractivity contribution in [2.75, 3.05) is 16.8 Å². The highest BCUT2D eigenvalue weighted by Gasteiger charge is 2.14. The molecule has 84 valence electrons. The van der Waals surface area contributed by atoms with Gasteiger partial charge in [-0.25, -0.2) is 9.97 Å². The number of aromatic nitrogens is 2. The van der Waals surface area contributed by atoms with Crippen molar-refractivity contribution in [1.29, 1.82) is 5.26 Å². The van der Waals surface area contributed by atoms with Crippen molar-refractivity contribution in [1.82, 2.24) is 9.97 Å². The molecule has 1 aliphatic heterocycles. The van der Waals surface area contributed by atoms with E-state index in [9.17, 15) is 0 Å². The van der Waals surface area contributed by atoms with Crippen LogP contribution in [-0.2, 0) is 0 Å². The number of anilines is 1. The summed E-state index contributed by atoms with van der Waals surface area (Å²) in [7, 11) is 0. The lowest BCUT2D eigenvalue weighted by Gasteiger charge is -2.22. The van der Waals surface area contributed by atoms with Crippen molar-refractivity contribution in [3.63, 3.8) is 0 Å². The highest BCUT2D eigenvalue weighted by molar-refractivity contribution is 7.99. The van der Waals surface area contributed by atoms with Gasteiger partial charge < -0.3 is 5.32 Å². The molecule has 0 unspecified atom stereocenters. The molecule has 4 nitrogen and oxygen atoms in total. The topological polar surface area (TPSA) is 61.6 Å². The first-order valence-corrected chi connectivity index (χ1v) is 6.53. The third-order valence-electron chi connectivity index (χ3n) is 2.52. The Hall–Kier alpha value is -1.28. The molecule has 0 amide bonds. The van der Waals surface area contributed by atoms with Crippen molar-refractivity contribution in [2.24, 2.45) is 0 Å². The highest BCUT2D eigenvalue weighted by atomic mass is 32.2. The second-order valence-electron chi connectivity index (χ2n) is 3.86. The van der Waals surface area contributed by atoms with E-state index in [2.05, 4.69) is 21.4 Å². The first-order valence-electron chi connectivity index (χ1n) is 5.38. The monoisotopic (exact) mass is 234 g/mol. The van der Waals surface area contributed by atoms with Crippen molar-refractivity contribution in [2.45, 2.75) is 25.8 Å². The van der Waals surface area contributed by atoms with Crippen LogP contribution >= 0.6 is 11.8 Å². The summed E-state index contributed by atoms with van der Waals surface area (Å²) in [5.74, 6) is 2.97. The molecule has 0 bridgehead atoms. The summed E-state index contributed by atoms with van der Waals surface area (Å²) in [5.41, 5.74) is 1.26. The maximum absolute atomic E-state index is 8.82. The number of thioether (sulfide) groups is 1. The van der Waals surface area contributed by atoms with E-state index >= 15 is 0 Å². The summed E-state index contributed by atoms with van der Waals surface area (Å²) < 4.78 is 0. The maximum Gasteiger partial charge on any atom is 0.224 e. The Labute approximate surface area is 99.5 Å². The van der Waals surface area contributed by atoms with Gasteiger partial charge in [0, 0.05) is 11.7 Å². The molecular weight excluding hydrogens is 220 g/mol. The van der Waals surface area contributed by atoms with Gasteiger partial charge in [-0.05, 0) is 37.3 Å². The van der Waals surface area contributed by atoms with E-state index in [0.29, 0.717) is 17.7 Å². The van der Waals surface area contributed by atoms with Crippen LogP contribution in [0, 0.1) is 18.3 Å². The van der Waals surface area contributed by atoms with Crippen LogP contribution in [0.3, 0.4) is 0 Å². The molecule has 0 aliphatic carbocycles. The van der Waals surface area contributed by atoms with Gasteiger partial charge in [-0.2, -0.15) is 17.0 Å². The van der Waals surface area contributed by atoms with Crippen molar-refractivity contribution in [3.05, 3.63) is 17.5 Å². The van der Waals surface area contributed by atoms with Crippen LogP contribution < -0.4 is 5.32 Å². The molecule has 0 saturated carbocycles. The van der Waals surface area contributed by atoms with Crippen molar-refractivity contribution in [3.8, 4) is 6.07 Å². The van der Waals surface area contributed by atoms with Crippen LogP contribution in [0.1, 0.15) is 24.2 Å². The first-order chi connectivity index (χ1) is 7.78. The zero-order valence-electron chi connectivity index (χ0n) is 9.23. The van der Waals surface area contributed by atoms with Crippen LogP contribution in [0.2, 0.25) is 0 Å². The lowest BCUT2D eigenvalue weighted by molar-refractivity contribution is 0.659. The van der Waals surface area contributed by atoms with Crippen LogP contribution in [-0.4, -0.2) is 27.5 Å². The first kappa shape index (κ1) is 11.2. The molecule has 2 rings (SSSR count). The molecule has 2 heterocycles. The Balaban J connectivity index is 2.08. The molecular formula is C11H14N4S. The number of nitrogens with one attached hydrogen (secondary N) is 1.